The Morgan fingerprint density at radius 3 is 2.72 bits per heavy atom. The molecule has 1 aromatic heterocycles. The number of halogens is 1. The van der Waals surface area contributed by atoms with Crippen LogP contribution in [-0.2, 0) is 7.05 Å². The zero-order valence-electron chi connectivity index (χ0n) is 11.8. The van der Waals surface area contributed by atoms with Crippen molar-refractivity contribution in [3.63, 3.8) is 0 Å². The van der Waals surface area contributed by atoms with Gasteiger partial charge in [0.05, 0.1) is 22.4 Å². The topological polar surface area (TPSA) is 29.9 Å². The molecule has 3 nitrogen and oxygen atoms in total. The standard InChI is InChI=1S/C14H24BrN3/c1-14(2)8-6-5-7-10(14)12(16-3)13-11(15)9-17-18(13)4/h9-10,12,16H,5-8H2,1-4H3. The average Bonchev–Trinajstić information content (AvgIpc) is 2.63. The molecular weight excluding hydrogens is 290 g/mol. The van der Waals surface area contributed by atoms with E-state index in [1.165, 1.54) is 31.4 Å². The van der Waals surface area contributed by atoms with E-state index in [2.05, 4.69) is 47.2 Å². The molecule has 1 aliphatic rings. The first-order valence-corrected chi connectivity index (χ1v) is 7.61. The van der Waals surface area contributed by atoms with Crippen molar-refractivity contribution in [1.82, 2.24) is 15.1 Å². The van der Waals surface area contributed by atoms with Gasteiger partial charge in [0.2, 0.25) is 0 Å². The first-order chi connectivity index (χ1) is 8.47. The van der Waals surface area contributed by atoms with Crippen LogP contribution in [0.2, 0.25) is 0 Å². The molecule has 0 saturated heterocycles. The molecule has 2 unspecified atom stereocenters. The van der Waals surface area contributed by atoms with Gasteiger partial charge in [-0.15, -0.1) is 0 Å². The lowest BCUT2D eigenvalue weighted by Crippen LogP contribution is -2.38. The van der Waals surface area contributed by atoms with Crippen molar-refractivity contribution in [3.05, 3.63) is 16.4 Å². The largest absolute Gasteiger partial charge is 0.311 e. The molecule has 1 heterocycles. The SMILES string of the molecule is CNC(c1c(Br)cnn1C)C1CCCCC1(C)C. The highest BCUT2D eigenvalue weighted by atomic mass is 79.9. The van der Waals surface area contributed by atoms with E-state index in [-0.39, 0.29) is 0 Å². The Hall–Kier alpha value is -0.350. The second-order valence-corrected chi connectivity index (χ2v) is 6.96. The molecule has 4 heteroatoms. The quantitative estimate of drug-likeness (QED) is 0.923. The molecule has 102 valence electrons. The lowest BCUT2D eigenvalue weighted by molar-refractivity contribution is 0.0979. The van der Waals surface area contributed by atoms with Crippen LogP contribution in [0.4, 0.5) is 0 Å². The van der Waals surface area contributed by atoms with Crippen LogP contribution in [-0.4, -0.2) is 16.8 Å². The highest BCUT2D eigenvalue weighted by Gasteiger charge is 2.39. The van der Waals surface area contributed by atoms with Crippen LogP contribution in [0.15, 0.2) is 10.7 Å². The van der Waals surface area contributed by atoms with Crippen molar-refractivity contribution in [3.8, 4) is 0 Å². The van der Waals surface area contributed by atoms with E-state index < -0.39 is 0 Å². The smallest absolute Gasteiger partial charge is 0.0695 e. The zero-order chi connectivity index (χ0) is 13.3. The minimum absolute atomic E-state index is 0.377. The minimum atomic E-state index is 0.377. The molecule has 0 radical (unpaired) electrons. The zero-order valence-corrected chi connectivity index (χ0v) is 13.4. The third kappa shape index (κ3) is 2.50. The van der Waals surface area contributed by atoms with Gasteiger partial charge >= 0.3 is 0 Å². The van der Waals surface area contributed by atoms with Gasteiger partial charge in [-0.25, -0.2) is 0 Å². The summed E-state index contributed by atoms with van der Waals surface area (Å²) < 4.78 is 3.11. The number of aryl methyl sites for hydroxylation is 1. The molecule has 0 spiro atoms. The summed E-state index contributed by atoms with van der Waals surface area (Å²) in [4.78, 5) is 0. The summed E-state index contributed by atoms with van der Waals surface area (Å²) in [6.45, 7) is 4.82. The Kier molecular flexibility index (Phi) is 4.17. The average molecular weight is 314 g/mol. The van der Waals surface area contributed by atoms with Crippen LogP contribution in [0.3, 0.4) is 0 Å². The number of nitrogens with one attached hydrogen (secondary N) is 1. The van der Waals surface area contributed by atoms with Crippen LogP contribution in [0, 0.1) is 11.3 Å². The molecule has 0 aromatic carbocycles. The number of hydrogen-bond donors (Lipinski definition) is 1. The molecular formula is C14H24BrN3. The van der Waals surface area contributed by atoms with Crippen molar-refractivity contribution in [1.29, 1.82) is 0 Å². The Balaban J connectivity index is 2.33. The van der Waals surface area contributed by atoms with Gasteiger partial charge in [-0.3, -0.25) is 4.68 Å². The van der Waals surface area contributed by atoms with E-state index in [1.807, 2.05) is 17.9 Å². The monoisotopic (exact) mass is 313 g/mol. The van der Waals surface area contributed by atoms with E-state index in [0.717, 1.165) is 4.47 Å². The number of nitrogens with zero attached hydrogens (tertiary/aromatic N) is 2. The predicted molar refractivity (Wildman–Crippen MR) is 78.4 cm³/mol. The Labute approximate surface area is 118 Å². The van der Waals surface area contributed by atoms with Gasteiger partial charge < -0.3 is 5.32 Å². The van der Waals surface area contributed by atoms with Crippen molar-refractivity contribution in [2.24, 2.45) is 18.4 Å². The van der Waals surface area contributed by atoms with Gasteiger partial charge in [-0.05, 0) is 47.2 Å². The Morgan fingerprint density at radius 2 is 2.22 bits per heavy atom. The third-order valence-electron chi connectivity index (χ3n) is 4.54. The molecule has 1 saturated carbocycles. The molecule has 18 heavy (non-hydrogen) atoms. The predicted octanol–water partition coefficient (Wildman–Crippen LogP) is 3.66. The van der Waals surface area contributed by atoms with Crippen molar-refractivity contribution in [2.45, 2.75) is 45.6 Å². The third-order valence-corrected chi connectivity index (χ3v) is 5.15. The van der Waals surface area contributed by atoms with Gasteiger partial charge in [-0.1, -0.05) is 26.7 Å². The number of aromatic nitrogens is 2. The molecule has 1 fully saturated rings. The summed E-state index contributed by atoms with van der Waals surface area (Å²) in [5.41, 5.74) is 1.67. The van der Waals surface area contributed by atoms with Crippen LogP contribution < -0.4 is 5.32 Å². The fourth-order valence-electron chi connectivity index (χ4n) is 3.44. The van der Waals surface area contributed by atoms with Crippen LogP contribution >= 0.6 is 15.9 Å². The molecule has 1 N–H and O–H groups in total. The van der Waals surface area contributed by atoms with Gasteiger partial charge in [-0.2, -0.15) is 5.10 Å². The van der Waals surface area contributed by atoms with E-state index in [9.17, 15) is 0 Å². The van der Waals surface area contributed by atoms with E-state index in [4.69, 9.17) is 0 Å². The maximum absolute atomic E-state index is 4.36. The summed E-state index contributed by atoms with van der Waals surface area (Å²) in [5.74, 6) is 0.669. The fraction of sp³-hybridized carbons (Fsp3) is 0.786. The number of rotatable bonds is 3. The molecule has 1 aliphatic carbocycles. The van der Waals surface area contributed by atoms with E-state index in [1.54, 1.807) is 0 Å². The first kappa shape index (κ1) is 14.1. The highest BCUT2D eigenvalue weighted by molar-refractivity contribution is 9.10. The molecule has 0 amide bonds. The molecule has 2 atom stereocenters. The van der Waals surface area contributed by atoms with E-state index in [0.29, 0.717) is 17.4 Å². The second-order valence-electron chi connectivity index (χ2n) is 6.11. The lowest BCUT2D eigenvalue weighted by atomic mass is 9.65. The van der Waals surface area contributed by atoms with Crippen molar-refractivity contribution in [2.75, 3.05) is 7.05 Å². The Morgan fingerprint density at radius 1 is 1.50 bits per heavy atom. The maximum atomic E-state index is 4.36. The van der Waals surface area contributed by atoms with E-state index >= 15 is 0 Å². The minimum Gasteiger partial charge on any atom is -0.311 e. The van der Waals surface area contributed by atoms with Crippen molar-refractivity contribution < 1.29 is 0 Å². The summed E-state index contributed by atoms with van der Waals surface area (Å²) in [6.07, 6.45) is 7.24. The summed E-state index contributed by atoms with van der Waals surface area (Å²) >= 11 is 3.64. The Bertz CT molecular complexity index is 392. The highest BCUT2D eigenvalue weighted by Crippen LogP contribution is 2.47. The summed E-state index contributed by atoms with van der Waals surface area (Å²) in [5, 5.41) is 7.88. The fourth-order valence-corrected chi connectivity index (χ4v) is 4.03. The summed E-state index contributed by atoms with van der Waals surface area (Å²) in [6, 6.07) is 0.377. The lowest BCUT2D eigenvalue weighted by Gasteiger charge is -2.43. The maximum Gasteiger partial charge on any atom is 0.0695 e. The molecule has 0 aliphatic heterocycles. The van der Waals surface area contributed by atoms with Crippen LogP contribution in [0.25, 0.3) is 0 Å². The first-order valence-electron chi connectivity index (χ1n) is 6.82. The van der Waals surface area contributed by atoms with Gasteiger partial charge in [0.1, 0.15) is 0 Å². The normalized spacial score (nSPS) is 25.1. The second kappa shape index (κ2) is 5.33. The van der Waals surface area contributed by atoms with Gasteiger partial charge in [0, 0.05) is 7.05 Å². The van der Waals surface area contributed by atoms with Crippen molar-refractivity contribution >= 4 is 15.9 Å². The summed E-state index contributed by atoms with van der Waals surface area (Å²) in [7, 11) is 4.09. The molecule has 2 rings (SSSR count). The number of hydrogen-bond acceptors (Lipinski definition) is 2. The van der Waals surface area contributed by atoms with Crippen LogP contribution in [0.5, 0.6) is 0 Å². The molecule has 0 bridgehead atoms. The molecule has 1 aromatic rings. The van der Waals surface area contributed by atoms with Gasteiger partial charge in [0.15, 0.2) is 0 Å². The van der Waals surface area contributed by atoms with Gasteiger partial charge in [0.25, 0.3) is 0 Å². The van der Waals surface area contributed by atoms with Crippen LogP contribution in [0.1, 0.15) is 51.3 Å².